The molecule has 0 unspecified atom stereocenters. The van der Waals surface area contributed by atoms with Crippen LogP contribution < -0.4 is 4.90 Å². The monoisotopic (exact) mass is 312 g/mol. The van der Waals surface area contributed by atoms with Gasteiger partial charge in [0.2, 0.25) is 0 Å². The first kappa shape index (κ1) is 15.9. The lowest BCUT2D eigenvalue weighted by atomic mass is 9.90. The number of aliphatic hydroxyl groups excluding tert-OH is 1. The summed E-state index contributed by atoms with van der Waals surface area (Å²) in [6.07, 6.45) is 6.24. The smallest absolute Gasteiger partial charge is 0.163 e. The van der Waals surface area contributed by atoms with Gasteiger partial charge in [0.1, 0.15) is 5.82 Å². The molecule has 3 rings (SSSR count). The van der Waals surface area contributed by atoms with Gasteiger partial charge in [-0.2, -0.15) is 0 Å². The number of aromatic nitrogens is 3. The molecule has 23 heavy (non-hydrogen) atoms. The summed E-state index contributed by atoms with van der Waals surface area (Å²) in [7, 11) is 0. The third-order valence-corrected chi connectivity index (χ3v) is 4.59. The molecule has 1 fully saturated rings. The van der Waals surface area contributed by atoms with Crippen molar-refractivity contribution < 1.29 is 5.11 Å². The SMILES string of the molecule is CC[C@H](O)C1CCN(c2cc(C)nc(-c3cccnc3)n2)CC1. The lowest BCUT2D eigenvalue weighted by Gasteiger charge is -2.34. The van der Waals surface area contributed by atoms with Gasteiger partial charge in [0.15, 0.2) is 5.82 Å². The average Bonchev–Trinajstić information content (AvgIpc) is 2.61. The van der Waals surface area contributed by atoms with E-state index in [-0.39, 0.29) is 6.10 Å². The summed E-state index contributed by atoms with van der Waals surface area (Å²) in [5.74, 6) is 2.11. The van der Waals surface area contributed by atoms with Gasteiger partial charge in [-0.1, -0.05) is 6.92 Å². The number of aliphatic hydroxyl groups is 1. The van der Waals surface area contributed by atoms with Crippen molar-refractivity contribution in [3.8, 4) is 11.4 Å². The van der Waals surface area contributed by atoms with Crippen molar-refractivity contribution in [2.75, 3.05) is 18.0 Å². The number of pyridine rings is 1. The fourth-order valence-corrected chi connectivity index (χ4v) is 3.18. The maximum Gasteiger partial charge on any atom is 0.163 e. The van der Waals surface area contributed by atoms with Gasteiger partial charge in [-0.3, -0.25) is 4.98 Å². The molecule has 1 N–H and O–H groups in total. The largest absolute Gasteiger partial charge is 0.393 e. The molecule has 5 heteroatoms. The van der Waals surface area contributed by atoms with Crippen LogP contribution in [0.15, 0.2) is 30.6 Å². The van der Waals surface area contributed by atoms with Crippen molar-refractivity contribution in [1.29, 1.82) is 0 Å². The third kappa shape index (κ3) is 3.67. The van der Waals surface area contributed by atoms with E-state index in [0.29, 0.717) is 5.92 Å². The number of nitrogens with zero attached hydrogens (tertiary/aromatic N) is 4. The Balaban J connectivity index is 1.78. The highest BCUT2D eigenvalue weighted by molar-refractivity contribution is 5.56. The van der Waals surface area contributed by atoms with Crippen molar-refractivity contribution in [1.82, 2.24) is 15.0 Å². The first-order chi connectivity index (χ1) is 11.2. The lowest BCUT2D eigenvalue weighted by molar-refractivity contribution is 0.0892. The van der Waals surface area contributed by atoms with Crippen LogP contribution in [-0.2, 0) is 0 Å². The molecule has 0 aromatic carbocycles. The van der Waals surface area contributed by atoms with Crippen molar-refractivity contribution in [2.45, 2.75) is 39.2 Å². The highest BCUT2D eigenvalue weighted by atomic mass is 16.3. The van der Waals surface area contributed by atoms with Crippen LogP contribution in [0.4, 0.5) is 5.82 Å². The number of anilines is 1. The zero-order chi connectivity index (χ0) is 16.2. The summed E-state index contributed by atoms with van der Waals surface area (Å²) in [4.78, 5) is 15.7. The number of hydrogen-bond donors (Lipinski definition) is 1. The molecule has 1 aliphatic rings. The van der Waals surface area contributed by atoms with E-state index in [1.54, 1.807) is 12.4 Å². The number of rotatable bonds is 4. The zero-order valence-corrected chi connectivity index (χ0v) is 13.8. The van der Waals surface area contributed by atoms with E-state index in [1.807, 2.05) is 32.0 Å². The summed E-state index contributed by atoms with van der Waals surface area (Å²) < 4.78 is 0. The lowest BCUT2D eigenvalue weighted by Crippen LogP contribution is -2.38. The molecule has 0 aliphatic carbocycles. The van der Waals surface area contributed by atoms with Gasteiger partial charge in [-0.05, 0) is 44.2 Å². The van der Waals surface area contributed by atoms with Gasteiger partial charge in [0, 0.05) is 42.8 Å². The number of aryl methyl sites for hydroxylation is 1. The predicted molar refractivity (Wildman–Crippen MR) is 91.2 cm³/mol. The Morgan fingerprint density at radius 3 is 2.74 bits per heavy atom. The summed E-state index contributed by atoms with van der Waals surface area (Å²) in [5.41, 5.74) is 1.90. The maximum absolute atomic E-state index is 10.0. The fourth-order valence-electron chi connectivity index (χ4n) is 3.18. The molecule has 122 valence electrons. The highest BCUT2D eigenvalue weighted by Crippen LogP contribution is 2.27. The molecule has 1 aliphatic heterocycles. The minimum atomic E-state index is -0.171. The van der Waals surface area contributed by atoms with Crippen molar-refractivity contribution in [2.24, 2.45) is 5.92 Å². The molecular formula is C18H24N4O. The molecule has 0 amide bonds. The molecule has 3 heterocycles. The van der Waals surface area contributed by atoms with E-state index in [4.69, 9.17) is 4.98 Å². The van der Waals surface area contributed by atoms with Crippen molar-refractivity contribution >= 4 is 5.82 Å². The predicted octanol–water partition coefficient (Wildman–Crippen LogP) is 2.83. The molecule has 5 nitrogen and oxygen atoms in total. The zero-order valence-electron chi connectivity index (χ0n) is 13.8. The molecule has 1 saturated heterocycles. The molecular weight excluding hydrogens is 288 g/mol. The second-order valence-corrected chi connectivity index (χ2v) is 6.23. The highest BCUT2D eigenvalue weighted by Gasteiger charge is 2.25. The molecule has 0 saturated carbocycles. The van der Waals surface area contributed by atoms with E-state index < -0.39 is 0 Å². The van der Waals surface area contributed by atoms with Crippen LogP contribution in [0.3, 0.4) is 0 Å². The van der Waals surface area contributed by atoms with Crippen LogP contribution in [0.1, 0.15) is 31.9 Å². The Morgan fingerprint density at radius 1 is 1.30 bits per heavy atom. The maximum atomic E-state index is 10.0. The van der Waals surface area contributed by atoms with Gasteiger partial charge >= 0.3 is 0 Å². The van der Waals surface area contributed by atoms with Crippen LogP contribution in [0.5, 0.6) is 0 Å². The quantitative estimate of drug-likeness (QED) is 0.940. The van der Waals surface area contributed by atoms with E-state index in [2.05, 4.69) is 14.9 Å². The van der Waals surface area contributed by atoms with Gasteiger partial charge in [0.05, 0.1) is 6.10 Å². The van der Waals surface area contributed by atoms with E-state index in [1.165, 1.54) is 0 Å². The Kier molecular flexibility index (Phi) is 4.86. The van der Waals surface area contributed by atoms with E-state index in [9.17, 15) is 5.11 Å². The van der Waals surface area contributed by atoms with Crippen molar-refractivity contribution in [3.63, 3.8) is 0 Å². The fraction of sp³-hybridized carbons (Fsp3) is 0.500. The standard InChI is InChI=1S/C18H24N4O/c1-3-16(23)14-6-9-22(10-7-14)17-11-13(2)20-18(21-17)15-5-4-8-19-12-15/h4-5,8,11-12,14,16,23H,3,6-7,9-10H2,1-2H3/t16-/m0/s1. The first-order valence-corrected chi connectivity index (χ1v) is 8.36. The van der Waals surface area contributed by atoms with Gasteiger partial charge < -0.3 is 10.0 Å². The van der Waals surface area contributed by atoms with Crippen molar-refractivity contribution in [3.05, 3.63) is 36.3 Å². The normalized spacial score (nSPS) is 17.3. The van der Waals surface area contributed by atoms with Crippen LogP contribution in [0, 0.1) is 12.8 Å². The van der Waals surface area contributed by atoms with Gasteiger partial charge in [-0.15, -0.1) is 0 Å². The molecule has 0 spiro atoms. The Morgan fingerprint density at radius 2 is 2.09 bits per heavy atom. The van der Waals surface area contributed by atoms with Crippen LogP contribution in [0.25, 0.3) is 11.4 Å². The molecule has 1 atom stereocenters. The topological polar surface area (TPSA) is 62.1 Å². The average molecular weight is 312 g/mol. The summed E-state index contributed by atoms with van der Waals surface area (Å²) in [5, 5.41) is 10.0. The third-order valence-electron chi connectivity index (χ3n) is 4.59. The van der Waals surface area contributed by atoms with Crippen LogP contribution >= 0.6 is 0 Å². The van der Waals surface area contributed by atoms with E-state index >= 15 is 0 Å². The minimum absolute atomic E-state index is 0.171. The van der Waals surface area contributed by atoms with Crippen LogP contribution in [0.2, 0.25) is 0 Å². The van der Waals surface area contributed by atoms with Crippen LogP contribution in [-0.4, -0.2) is 39.3 Å². The molecule has 2 aromatic rings. The van der Waals surface area contributed by atoms with Gasteiger partial charge in [0.25, 0.3) is 0 Å². The Hall–Kier alpha value is -2.01. The summed E-state index contributed by atoms with van der Waals surface area (Å²) >= 11 is 0. The molecule has 2 aromatic heterocycles. The molecule has 0 bridgehead atoms. The Labute approximate surface area is 137 Å². The minimum Gasteiger partial charge on any atom is -0.393 e. The van der Waals surface area contributed by atoms with E-state index in [0.717, 1.165) is 55.3 Å². The van der Waals surface area contributed by atoms with Gasteiger partial charge in [-0.25, -0.2) is 9.97 Å². The summed E-state index contributed by atoms with van der Waals surface area (Å²) in [6.45, 7) is 5.92. The molecule has 0 radical (unpaired) electrons. The second kappa shape index (κ2) is 7.04. The number of piperidine rings is 1. The number of hydrogen-bond acceptors (Lipinski definition) is 5. The summed E-state index contributed by atoms with van der Waals surface area (Å²) in [6, 6.07) is 5.92. The second-order valence-electron chi connectivity index (χ2n) is 6.23. The Bertz CT molecular complexity index is 639. The first-order valence-electron chi connectivity index (χ1n) is 8.36.